The fourth-order valence-electron chi connectivity index (χ4n) is 2.29. The molecule has 0 saturated carbocycles. The molecule has 1 unspecified atom stereocenters. The van der Waals surface area contributed by atoms with Crippen LogP contribution in [0.5, 0.6) is 0 Å². The van der Waals surface area contributed by atoms with Crippen molar-refractivity contribution in [1.29, 1.82) is 0 Å². The van der Waals surface area contributed by atoms with Gasteiger partial charge in [0.2, 0.25) is 0 Å². The fourth-order valence-corrected chi connectivity index (χ4v) is 3.87. The van der Waals surface area contributed by atoms with Crippen molar-refractivity contribution in [2.75, 3.05) is 11.1 Å². The van der Waals surface area contributed by atoms with Crippen molar-refractivity contribution in [2.45, 2.75) is 24.3 Å². The summed E-state index contributed by atoms with van der Waals surface area (Å²) in [6.45, 7) is 9.78. The molecule has 6 nitrogen and oxygen atoms in total. The first-order valence-corrected chi connectivity index (χ1v) is 9.21. The van der Waals surface area contributed by atoms with E-state index < -0.39 is 32.9 Å². The highest BCUT2D eigenvalue weighted by molar-refractivity contribution is 7.91. The number of hydrogen-bond acceptors (Lipinski definition) is 4. The van der Waals surface area contributed by atoms with Crippen LogP contribution >= 0.6 is 0 Å². The number of hydrogen-bond donors (Lipinski definition) is 2. The van der Waals surface area contributed by atoms with E-state index in [0.717, 1.165) is 31.2 Å². The zero-order valence-corrected chi connectivity index (χ0v) is 15.0. The Kier molecular flexibility index (Phi) is 5.44. The second-order valence-corrected chi connectivity index (χ2v) is 8.04. The molecule has 1 atom stereocenters. The van der Waals surface area contributed by atoms with Gasteiger partial charge >= 0.3 is 0 Å². The van der Waals surface area contributed by atoms with Gasteiger partial charge in [0.15, 0.2) is 21.1 Å². The van der Waals surface area contributed by atoms with Crippen LogP contribution < -0.4 is 5.32 Å². The number of aryl methyl sites for hydroxylation is 1. The van der Waals surface area contributed by atoms with Crippen molar-refractivity contribution in [3.63, 3.8) is 0 Å². The number of nitrogens with one attached hydrogen (secondary N) is 1. The van der Waals surface area contributed by atoms with Gasteiger partial charge in [-0.05, 0) is 55.8 Å². The third-order valence-electron chi connectivity index (χ3n) is 3.71. The highest BCUT2D eigenvalue weighted by Crippen LogP contribution is 2.24. The molecule has 26 heavy (non-hydrogen) atoms. The standard InChI is InChI=1S/C18H17FN2O4S/c1-12-10-14(6-9-16(12)20-3)21-17(22)18(2,23)11-26(24,25)15-7-4-13(19)5-8-15/h4-10,23H,11H2,1-2H3,(H,21,22). The van der Waals surface area contributed by atoms with Crippen LogP contribution in [0.1, 0.15) is 12.5 Å². The summed E-state index contributed by atoms with van der Waals surface area (Å²) in [7, 11) is -4.01. The van der Waals surface area contributed by atoms with Gasteiger partial charge in [0.25, 0.3) is 5.91 Å². The first-order chi connectivity index (χ1) is 12.0. The number of carbonyl (C=O) groups excluding carboxylic acids is 1. The molecule has 0 heterocycles. The van der Waals surface area contributed by atoms with Crippen LogP contribution in [0.3, 0.4) is 0 Å². The Morgan fingerprint density at radius 2 is 1.88 bits per heavy atom. The van der Waals surface area contributed by atoms with Crippen LogP contribution in [-0.4, -0.2) is 30.8 Å². The molecule has 0 fully saturated rings. The summed E-state index contributed by atoms with van der Waals surface area (Å²) in [4.78, 5) is 15.4. The largest absolute Gasteiger partial charge is 0.379 e. The molecule has 1 amide bonds. The molecule has 0 radical (unpaired) electrons. The smallest absolute Gasteiger partial charge is 0.257 e. The lowest BCUT2D eigenvalue weighted by Crippen LogP contribution is -2.45. The summed E-state index contributed by atoms with van der Waals surface area (Å²) in [6.07, 6.45) is 0. The van der Waals surface area contributed by atoms with Crippen molar-refractivity contribution < 1.29 is 22.7 Å². The molecule has 2 aromatic carbocycles. The Hall–Kier alpha value is -2.76. The molecule has 0 aliphatic rings. The zero-order valence-electron chi connectivity index (χ0n) is 14.2. The molecular formula is C18H17FN2O4S. The van der Waals surface area contributed by atoms with Gasteiger partial charge in [0.1, 0.15) is 5.82 Å². The number of nitrogens with zero attached hydrogens (tertiary/aromatic N) is 1. The van der Waals surface area contributed by atoms with Crippen molar-refractivity contribution >= 4 is 27.1 Å². The Morgan fingerprint density at radius 1 is 1.27 bits per heavy atom. The van der Waals surface area contributed by atoms with E-state index >= 15 is 0 Å². The minimum Gasteiger partial charge on any atom is -0.379 e. The van der Waals surface area contributed by atoms with Gasteiger partial charge in [-0.15, -0.1) is 0 Å². The van der Waals surface area contributed by atoms with Crippen LogP contribution in [0, 0.1) is 19.3 Å². The monoisotopic (exact) mass is 376 g/mol. The maximum atomic E-state index is 12.9. The van der Waals surface area contributed by atoms with E-state index in [1.165, 1.54) is 12.1 Å². The zero-order chi connectivity index (χ0) is 19.5. The van der Waals surface area contributed by atoms with Crippen molar-refractivity contribution in [1.82, 2.24) is 0 Å². The fraction of sp³-hybridized carbons (Fsp3) is 0.222. The quantitative estimate of drug-likeness (QED) is 0.620. The lowest BCUT2D eigenvalue weighted by molar-refractivity contribution is -0.130. The predicted octanol–water partition coefficient (Wildman–Crippen LogP) is 2.85. The second kappa shape index (κ2) is 7.23. The van der Waals surface area contributed by atoms with Gasteiger partial charge in [-0.2, -0.15) is 0 Å². The van der Waals surface area contributed by atoms with Gasteiger partial charge in [0, 0.05) is 5.69 Å². The lowest BCUT2D eigenvalue weighted by atomic mass is 10.1. The van der Waals surface area contributed by atoms with E-state index in [4.69, 9.17) is 6.57 Å². The predicted molar refractivity (Wildman–Crippen MR) is 95.1 cm³/mol. The first kappa shape index (κ1) is 19.6. The van der Waals surface area contributed by atoms with Gasteiger partial charge in [-0.25, -0.2) is 17.7 Å². The highest BCUT2D eigenvalue weighted by atomic mass is 32.2. The highest BCUT2D eigenvalue weighted by Gasteiger charge is 2.36. The van der Waals surface area contributed by atoms with Gasteiger partial charge in [-0.3, -0.25) is 4.79 Å². The van der Waals surface area contributed by atoms with Crippen LogP contribution in [-0.2, 0) is 14.6 Å². The van der Waals surface area contributed by atoms with E-state index in [9.17, 15) is 22.7 Å². The van der Waals surface area contributed by atoms with Crippen LogP contribution in [0.25, 0.3) is 4.85 Å². The number of anilines is 1. The molecule has 0 aliphatic heterocycles. The van der Waals surface area contributed by atoms with E-state index in [-0.39, 0.29) is 4.90 Å². The van der Waals surface area contributed by atoms with E-state index in [2.05, 4.69) is 10.2 Å². The third-order valence-corrected chi connectivity index (χ3v) is 5.64. The van der Waals surface area contributed by atoms with Gasteiger partial charge in [-0.1, -0.05) is 6.07 Å². The van der Waals surface area contributed by atoms with E-state index in [1.54, 1.807) is 13.0 Å². The molecule has 136 valence electrons. The number of benzene rings is 2. The summed E-state index contributed by atoms with van der Waals surface area (Å²) in [5.74, 6) is -2.36. The molecule has 0 spiro atoms. The Bertz CT molecular complexity index is 977. The Morgan fingerprint density at radius 3 is 2.42 bits per heavy atom. The van der Waals surface area contributed by atoms with Crippen LogP contribution in [0.2, 0.25) is 0 Å². The molecular weight excluding hydrogens is 359 g/mol. The Labute approximate surface area is 151 Å². The van der Waals surface area contributed by atoms with Gasteiger partial charge in [0.05, 0.1) is 17.2 Å². The average Bonchev–Trinajstić information content (AvgIpc) is 2.54. The first-order valence-electron chi connectivity index (χ1n) is 7.55. The summed E-state index contributed by atoms with van der Waals surface area (Å²) in [5.41, 5.74) is -0.816. The normalized spacial score (nSPS) is 13.5. The maximum absolute atomic E-state index is 12.9. The Balaban J connectivity index is 2.18. The van der Waals surface area contributed by atoms with Crippen LogP contribution in [0.15, 0.2) is 47.4 Å². The maximum Gasteiger partial charge on any atom is 0.257 e. The number of aliphatic hydroxyl groups is 1. The number of amides is 1. The second-order valence-electron chi connectivity index (χ2n) is 6.05. The average molecular weight is 376 g/mol. The minimum atomic E-state index is -4.01. The molecule has 2 rings (SSSR count). The summed E-state index contributed by atoms with van der Waals surface area (Å²) >= 11 is 0. The summed E-state index contributed by atoms with van der Waals surface area (Å²) in [6, 6.07) is 8.68. The number of carbonyl (C=O) groups is 1. The van der Waals surface area contributed by atoms with Crippen molar-refractivity contribution in [2.24, 2.45) is 0 Å². The number of rotatable bonds is 5. The summed E-state index contributed by atoms with van der Waals surface area (Å²) in [5, 5.41) is 12.8. The van der Waals surface area contributed by atoms with E-state index in [0.29, 0.717) is 16.9 Å². The molecule has 0 aliphatic carbocycles. The molecule has 0 aromatic heterocycles. The van der Waals surface area contributed by atoms with Crippen molar-refractivity contribution in [3.8, 4) is 0 Å². The number of halogens is 1. The molecule has 8 heteroatoms. The third kappa shape index (κ3) is 4.45. The van der Waals surface area contributed by atoms with Crippen LogP contribution in [0.4, 0.5) is 15.8 Å². The molecule has 2 N–H and O–H groups in total. The SMILES string of the molecule is [C-]#[N+]c1ccc(NC(=O)C(C)(O)CS(=O)(=O)c2ccc(F)cc2)cc1C. The van der Waals surface area contributed by atoms with E-state index in [1.807, 2.05) is 0 Å². The molecule has 2 aromatic rings. The van der Waals surface area contributed by atoms with Gasteiger partial charge < -0.3 is 10.4 Å². The topological polar surface area (TPSA) is 87.8 Å². The molecule has 0 bridgehead atoms. The van der Waals surface area contributed by atoms with Crippen molar-refractivity contribution in [3.05, 3.63) is 65.3 Å². The summed E-state index contributed by atoms with van der Waals surface area (Å²) < 4.78 is 37.7. The minimum absolute atomic E-state index is 0.191. The lowest BCUT2D eigenvalue weighted by Gasteiger charge is -2.22. The number of sulfone groups is 1. The molecule has 0 saturated heterocycles.